The molecule has 0 aliphatic rings. The van der Waals surface area contributed by atoms with Crippen LogP contribution in [0.15, 0.2) is 12.4 Å². The summed E-state index contributed by atoms with van der Waals surface area (Å²) < 4.78 is 31.9. The minimum atomic E-state index is -3.66. The quantitative estimate of drug-likeness (QED) is 0.708. The van der Waals surface area contributed by atoms with Gasteiger partial charge in [0.05, 0.1) is 19.0 Å². The van der Waals surface area contributed by atoms with E-state index in [0.717, 1.165) is 0 Å². The lowest BCUT2D eigenvalue weighted by atomic mass is 10.7. The van der Waals surface area contributed by atoms with Crippen molar-refractivity contribution in [1.82, 2.24) is 14.7 Å². The molecule has 0 aromatic carbocycles. The van der Waals surface area contributed by atoms with Crippen LogP contribution in [-0.4, -0.2) is 38.6 Å². The third-order valence-corrected chi connectivity index (χ3v) is 2.69. The Morgan fingerprint density at radius 3 is 2.88 bits per heavy atom. The highest BCUT2D eigenvalue weighted by molar-refractivity contribution is 7.90. The topological polar surface area (TPSA) is 93.2 Å². The predicted octanol–water partition coefficient (Wildman–Crippen LogP) is 0.0227. The monoisotopic (exact) mass is 266 g/mol. The molecule has 1 heterocycles. The first-order valence-electron chi connectivity index (χ1n) is 4.27. The molecule has 90 valence electrons. The molecule has 0 saturated carbocycles. The summed E-state index contributed by atoms with van der Waals surface area (Å²) in [4.78, 5) is 7.42. The van der Waals surface area contributed by atoms with Gasteiger partial charge in [-0.05, 0) is 0 Å². The molecule has 0 spiro atoms. The van der Waals surface area contributed by atoms with Crippen molar-refractivity contribution in [2.24, 2.45) is 0 Å². The minimum absolute atomic E-state index is 0.0532. The van der Waals surface area contributed by atoms with E-state index in [2.05, 4.69) is 19.4 Å². The zero-order chi connectivity index (χ0) is 12.0. The van der Waals surface area contributed by atoms with E-state index in [4.69, 9.17) is 16.3 Å². The van der Waals surface area contributed by atoms with Gasteiger partial charge in [0, 0.05) is 13.7 Å². The van der Waals surface area contributed by atoms with Gasteiger partial charge in [0.2, 0.25) is 0 Å². The predicted molar refractivity (Wildman–Crippen MR) is 59.5 cm³/mol. The fourth-order valence-corrected chi connectivity index (χ4v) is 1.79. The molecule has 16 heavy (non-hydrogen) atoms. The number of aromatic nitrogens is 2. The summed E-state index contributed by atoms with van der Waals surface area (Å²) in [6.45, 7) is 0.446. The van der Waals surface area contributed by atoms with Crippen LogP contribution in [0.1, 0.15) is 0 Å². The van der Waals surface area contributed by atoms with Crippen LogP contribution in [0, 0.1) is 0 Å². The molecule has 7 nitrogen and oxygen atoms in total. The molecule has 0 aliphatic heterocycles. The Labute approximate surface area is 98.4 Å². The lowest BCUT2D eigenvalue weighted by Crippen LogP contribution is -2.32. The number of ether oxygens (including phenoxy) is 1. The van der Waals surface area contributed by atoms with E-state index in [0.29, 0.717) is 0 Å². The van der Waals surface area contributed by atoms with Gasteiger partial charge in [0.15, 0.2) is 5.82 Å². The molecule has 0 fully saturated rings. The van der Waals surface area contributed by atoms with Crippen LogP contribution in [0.2, 0.25) is 5.15 Å². The molecule has 0 bridgehead atoms. The van der Waals surface area contributed by atoms with Gasteiger partial charge < -0.3 is 4.74 Å². The van der Waals surface area contributed by atoms with E-state index in [-0.39, 0.29) is 24.1 Å². The van der Waals surface area contributed by atoms with Crippen LogP contribution in [0.5, 0.6) is 0 Å². The molecule has 0 amide bonds. The summed E-state index contributed by atoms with van der Waals surface area (Å²) in [5, 5.41) is 0.108. The van der Waals surface area contributed by atoms with E-state index in [1.165, 1.54) is 19.5 Å². The molecule has 0 aliphatic carbocycles. The molecule has 0 saturated heterocycles. The average molecular weight is 267 g/mol. The Morgan fingerprint density at radius 1 is 1.50 bits per heavy atom. The second-order valence-electron chi connectivity index (χ2n) is 2.72. The summed E-state index contributed by atoms with van der Waals surface area (Å²) >= 11 is 5.55. The van der Waals surface area contributed by atoms with Crippen molar-refractivity contribution in [2.75, 3.05) is 25.0 Å². The minimum Gasteiger partial charge on any atom is -0.383 e. The van der Waals surface area contributed by atoms with Crippen LogP contribution in [0.4, 0.5) is 5.82 Å². The van der Waals surface area contributed by atoms with Gasteiger partial charge in [-0.3, -0.25) is 9.71 Å². The number of hydrogen-bond acceptors (Lipinski definition) is 5. The molecule has 0 atom stereocenters. The van der Waals surface area contributed by atoms with Crippen molar-refractivity contribution in [3.05, 3.63) is 17.5 Å². The van der Waals surface area contributed by atoms with E-state index in [1.807, 2.05) is 0 Å². The maximum atomic E-state index is 11.4. The smallest absolute Gasteiger partial charge is 0.300 e. The van der Waals surface area contributed by atoms with Crippen LogP contribution in [0.3, 0.4) is 0 Å². The van der Waals surface area contributed by atoms with Crippen molar-refractivity contribution in [3.8, 4) is 0 Å². The van der Waals surface area contributed by atoms with Crippen molar-refractivity contribution in [3.63, 3.8) is 0 Å². The zero-order valence-corrected chi connectivity index (χ0v) is 10.0. The zero-order valence-electron chi connectivity index (χ0n) is 8.47. The molecule has 9 heteroatoms. The van der Waals surface area contributed by atoms with Crippen LogP contribution in [-0.2, 0) is 14.9 Å². The summed E-state index contributed by atoms with van der Waals surface area (Å²) in [5.74, 6) is 0.0532. The summed E-state index contributed by atoms with van der Waals surface area (Å²) in [6.07, 6.45) is 2.55. The first-order valence-corrected chi connectivity index (χ1v) is 6.13. The van der Waals surface area contributed by atoms with E-state index >= 15 is 0 Å². The number of anilines is 1. The van der Waals surface area contributed by atoms with Gasteiger partial charge in [-0.25, -0.2) is 4.98 Å². The number of nitrogens with one attached hydrogen (secondary N) is 2. The van der Waals surface area contributed by atoms with Gasteiger partial charge in [-0.15, -0.1) is 0 Å². The highest BCUT2D eigenvalue weighted by atomic mass is 35.5. The van der Waals surface area contributed by atoms with Crippen molar-refractivity contribution < 1.29 is 13.2 Å². The highest BCUT2D eigenvalue weighted by Gasteiger charge is 2.09. The molecule has 1 aromatic heterocycles. The lowest BCUT2D eigenvalue weighted by Gasteiger charge is -2.07. The molecule has 1 rings (SSSR count). The standard InChI is InChI=1S/C7H11ClN4O3S/c1-15-3-2-10-16(13,14)12-7-5-9-4-6(8)11-7/h4-5,10H,2-3H2,1H3,(H,11,12). The van der Waals surface area contributed by atoms with Crippen LogP contribution in [0.25, 0.3) is 0 Å². The first kappa shape index (κ1) is 13.1. The van der Waals surface area contributed by atoms with Crippen LogP contribution < -0.4 is 9.44 Å². The summed E-state index contributed by atoms with van der Waals surface area (Å²) in [7, 11) is -2.19. The Morgan fingerprint density at radius 2 is 2.25 bits per heavy atom. The Hall–Kier alpha value is -0.960. The Bertz CT molecular complexity index is 439. The number of rotatable bonds is 6. The van der Waals surface area contributed by atoms with Crippen molar-refractivity contribution >= 4 is 27.6 Å². The number of methoxy groups -OCH3 is 1. The summed E-state index contributed by atoms with van der Waals surface area (Å²) in [5.41, 5.74) is 0. The van der Waals surface area contributed by atoms with Crippen LogP contribution >= 0.6 is 11.6 Å². The molecular formula is C7H11ClN4O3S. The second kappa shape index (κ2) is 5.94. The maximum absolute atomic E-state index is 11.4. The maximum Gasteiger partial charge on any atom is 0.300 e. The number of hydrogen-bond donors (Lipinski definition) is 2. The molecule has 1 aromatic rings. The number of halogens is 1. The molecular weight excluding hydrogens is 256 g/mol. The van der Waals surface area contributed by atoms with Gasteiger partial charge in [-0.1, -0.05) is 11.6 Å². The average Bonchev–Trinajstić information content (AvgIpc) is 2.17. The molecule has 2 N–H and O–H groups in total. The fraction of sp³-hybridized carbons (Fsp3) is 0.429. The normalized spacial score (nSPS) is 11.4. The van der Waals surface area contributed by atoms with E-state index in [1.54, 1.807) is 0 Å². The third kappa shape index (κ3) is 4.71. The second-order valence-corrected chi connectivity index (χ2v) is 4.61. The SMILES string of the molecule is COCCNS(=O)(=O)Nc1cncc(Cl)n1. The van der Waals surface area contributed by atoms with Gasteiger partial charge in [0.1, 0.15) is 5.15 Å². The van der Waals surface area contributed by atoms with E-state index in [9.17, 15) is 8.42 Å². The fourth-order valence-electron chi connectivity index (χ4n) is 0.843. The van der Waals surface area contributed by atoms with Gasteiger partial charge in [0.25, 0.3) is 10.2 Å². The first-order chi connectivity index (χ1) is 7.53. The number of nitrogens with zero attached hydrogens (tertiary/aromatic N) is 2. The Kier molecular flexibility index (Phi) is 4.87. The largest absolute Gasteiger partial charge is 0.383 e. The molecule has 0 radical (unpaired) electrons. The highest BCUT2D eigenvalue weighted by Crippen LogP contribution is 2.07. The Balaban J connectivity index is 2.59. The van der Waals surface area contributed by atoms with Crippen molar-refractivity contribution in [1.29, 1.82) is 0 Å². The van der Waals surface area contributed by atoms with Crippen molar-refractivity contribution in [2.45, 2.75) is 0 Å². The lowest BCUT2D eigenvalue weighted by molar-refractivity contribution is 0.204. The summed E-state index contributed by atoms with van der Waals surface area (Å²) in [6, 6.07) is 0. The van der Waals surface area contributed by atoms with Gasteiger partial charge in [-0.2, -0.15) is 13.1 Å². The molecule has 0 unspecified atom stereocenters. The van der Waals surface area contributed by atoms with Gasteiger partial charge >= 0.3 is 0 Å². The third-order valence-electron chi connectivity index (χ3n) is 1.44. The van der Waals surface area contributed by atoms with E-state index < -0.39 is 10.2 Å².